The van der Waals surface area contributed by atoms with E-state index in [2.05, 4.69) is 4.98 Å². The van der Waals surface area contributed by atoms with Crippen molar-refractivity contribution in [2.75, 3.05) is 6.54 Å². The van der Waals surface area contributed by atoms with Crippen LogP contribution in [0.4, 0.5) is 0 Å². The van der Waals surface area contributed by atoms with Crippen LogP contribution in [-0.2, 0) is 4.79 Å². The van der Waals surface area contributed by atoms with Crippen molar-refractivity contribution in [2.24, 2.45) is 0 Å². The number of carbonyl (C=O) groups is 2. The van der Waals surface area contributed by atoms with Gasteiger partial charge < -0.3 is 20.2 Å². The van der Waals surface area contributed by atoms with Gasteiger partial charge in [0.15, 0.2) is 0 Å². The van der Waals surface area contributed by atoms with Gasteiger partial charge in [-0.1, -0.05) is 0 Å². The number of aliphatic hydroxyl groups is 1. The number of amides is 1. The molecule has 2 rings (SSSR count). The van der Waals surface area contributed by atoms with Gasteiger partial charge in [-0.3, -0.25) is 9.78 Å². The minimum Gasteiger partial charge on any atom is -0.505 e. The van der Waals surface area contributed by atoms with Crippen LogP contribution in [0.3, 0.4) is 0 Å². The molecule has 1 aromatic heterocycles. The first kappa shape index (κ1) is 12.3. The highest BCUT2D eigenvalue weighted by Crippen LogP contribution is 2.24. The van der Waals surface area contributed by atoms with Crippen molar-refractivity contribution in [2.45, 2.75) is 18.6 Å². The van der Waals surface area contributed by atoms with Crippen molar-refractivity contribution in [1.29, 1.82) is 0 Å². The molecule has 0 bridgehead atoms. The Labute approximate surface area is 102 Å². The van der Waals surface area contributed by atoms with Crippen molar-refractivity contribution in [1.82, 2.24) is 9.88 Å². The smallest absolute Gasteiger partial charge is 0.326 e. The number of β-amino-alcohol motifs (C(OH)–C–C–N with tert-alkyl or cyclic N) is 1. The highest BCUT2D eigenvalue weighted by atomic mass is 16.4. The van der Waals surface area contributed by atoms with Crippen LogP contribution in [0.15, 0.2) is 18.5 Å². The third-order valence-electron chi connectivity index (χ3n) is 2.86. The SMILES string of the molecule is O=C(O)[C@@H]1CC(O)CN1C(=O)c1ccncc1O. The van der Waals surface area contributed by atoms with Crippen LogP contribution in [0.1, 0.15) is 16.8 Å². The van der Waals surface area contributed by atoms with E-state index in [9.17, 15) is 19.8 Å². The first-order valence-electron chi connectivity index (χ1n) is 5.35. The second-order valence-electron chi connectivity index (χ2n) is 4.09. The van der Waals surface area contributed by atoms with E-state index in [4.69, 9.17) is 5.11 Å². The lowest BCUT2D eigenvalue weighted by Crippen LogP contribution is -2.40. The number of aromatic nitrogens is 1. The van der Waals surface area contributed by atoms with Gasteiger partial charge in [0, 0.05) is 19.2 Å². The van der Waals surface area contributed by atoms with Gasteiger partial charge >= 0.3 is 5.97 Å². The Hall–Kier alpha value is -2.15. The molecule has 1 fully saturated rings. The van der Waals surface area contributed by atoms with Crippen LogP contribution in [0, 0.1) is 0 Å². The Morgan fingerprint density at radius 2 is 2.17 bits per heavy atom. The molecule has 1 aromatic rings. The number of aliphatic carboxylic acids is 1. The summed E-state index contributed by atoms with van der Waals surface area (Å²) in [4.78, 5) is 27.8. The average Bonchev–Trinajstić information content (AvgIpc) is 2.71. The molecule has 1 unspecified atom stereocenters. The molecule has 2 atom stereocenters. The first-order chi connectivity index (χ1) is 8.50. The Morgan fingerprint density at radius 3 is 2.78 bits per heavy atom. The molecule has 0 aromatic carbocycles. The van der Waals surface area contributed by atoms with E-state index in [0.29, 0.717) is 0 Å². The van der Waals surface area contributed by atoms with Gasteiger partial charge in [0.05, 0.1) is 17.9 Å². The van der Waals surface area contributed by atoms with Gasteiger partial charge in [0.25, 0.3) is 5.91 Å². The number of carboxylic acids is 1. The predicted octanol–water partition coefficient (Wildman–Crippen LogP) is -0.553. The van der Waals surface area contributed by atoms with Gasteiger partial charge in [0.2, 0.25) is 0 Å². The normalized spacial score (nSPS) is 23.1. The third-order valence-corrected chi connectivity index (χ3v) is 2.86. The molecule has 7 heteroatoms. The summed E-state index contributed by atoms with van der Waals surface area (Å²) in [7, 11) is 0. The standard InChI is InChI=1S/C11H12N2O5/c14-6-3-8(11(17)18)13(5-6)10(16)7-1-2-12-4-9(7)15/h1-2,4,6,8,14-15H,3,5H2,(H,17,18)/t6?,8-/m0/s1. The molecule has 96 valence electrons. The molecule has 7 nitrogen and oxygen atoms in total. The highest BCUT2D eigenvalue weighted by Gasteiger charge is 2.39. The van der Waals surface area contributed by atoms with Gasteiger partial charge in [-0.15, -0.1) is 0 Å². The molecule has 1 saturated heterocycles. The molecule has 1 aliphatic rings. The quantitative estimate of drug-likeness (QED) is 0.651. The second-order valence-corrected chi connectivity index (χ2v) is 4.09. The zero-order valence-corrected chi connectivity index (χ0v) is 9.35. The maximum atomic E-state index is 12.1. The molecular formula is C11H12N2O5. The van der Waals surface area contributed by atoms with Crippen molar-refractivity contribution in [3.05, 3.63) is 24.0 Å². The molecule has 0 spiro atoms. The summed E-state index contributed by atoms with van der Waals surface area (Å²) in [6.45, 7) is -0.0580. The average molecular weight is 252 g/mol. The number of aromatic hydroxyl groups is 1. The number of carboxylic acid groups (broad SMARTS) is 1. The zero-order chi connectivity index (χ0) is 13.3. The fraction of sp³-hybridized carbons (Fsp3) is 0.364. The summed E-state index contributed by atoms with van der Waals surface area (Å²) in [5.74, 6) is -2.11. The summed E-state index contributed by atoms with van der Waals surface area (Å²) in [6, 6.07) is 0.237. The van der Waals surface area contributed by atoms with E-state index in [0.717, 1.165) is 11.1 Å². The molecule has 0 radical (unpaired) electrons. The summed E-state index contributed by atoms with van der Waals surface area (Å²) in [5.41, 5.74) is -0.0228. The van der Waals surface area contributed by atoms with Crippen molar-refractivity contribution >= 4 is 11.9 Å². The molecule has 1 amide bonds. The summed E-state index contributed by atoms with van der Waals surface area (Å²) < 4.78 is 0. The number of hydrogen-bond donors (Lipinski definition) is 3. The summed E-state index contributed by atoms with van der Waals surface area (Å²) >= 11 is 0. The fourth-order valence-electron chi connectivity index (χ4n) is 1.99. The Balaban J connectivity index is 2.28. The Bertz CT molecular complexity index is 490. The number of aliphatic hydroxyl groups excluding tert-OH is 1. The molecule has 0 saturated carbocycles. The first-order valence-corrected chi connectivity index (χ1v) is 5.35. The summed E-state index contributed by atoms with van der Waals surface area (Å²) in [5, 5.41) is 28.0. The minimum absolute atomic E-state index is 0.00702. The number of nitrogens with zero attached hydrogens (tertiary/aromatic N) is 2. The van der Waals surface area contributed by atoms with E-state index >= 15 is 0 Å². The third kappa shape index (κ3) is 2.12. The molecule has 0 aliphatic carbocycles. The van der Waals surface area contributed by atoms with E-state index in [1.165, 1.54) is 12.3 Å². The van der Waals surface area contributed by atoms with Crippen molar-refractivity contribution < 1.29 is 24.9 Å². The van der Waals surface area contributed by atoms with E-state index in [1.807, 2.05) is 0 Å². The number of carbonyl (C=O) groups excluding carboxylic acids is 1. The fourth-order valence-corrected chi connectivity index (χ4v) is 1.99. The van der Waals surface area contributed by atoms with Crippen molar-refractivity contribution in [3.63, 3.8) is 0 Å². The lowest BCUT2D eigenvalue weighted by molar-refractivity contribution is -0.141. The van der Waals surface area contributed by atoms with E-state index < -0.39 is 24.0 Å². The van der Waals surface area contributed by atoms with Crippen LogP contribution in [0.5, 0.6) is 5.75 Å². The molecule has 3 N–H and O–H groups in total. The van der Waals surface area contributed by atoms with Crippen LogP contribution < -0.4 is 0 Å². The maximum absolute atomic E-state index is 12.1. The van der Waals surface area contributed by atoms with Gasteiger partial charge in [-0.25, -0.2) is 4.79 Å². The second kappa shape index (κ2) is 4.61. The van der Waals surface area contributed by atoms with Crippen molar-refractivity contribution in [3.8, 4) is 5.75 Å². The maximum Gasteiger partial charge on any atom is 0.326 e. The van der Waals surface area contributed by atoms with Gasteiger partial charge in [-0.2, -0.15) is 0 Å². The number of pyridine rings is 1. The molecule has 18 heavy (non-hydrogen) atoms. The lowest BCUT2D eigenvalue weighted by atomic mass is 10.2. The Morgan fingerprint density at radius 1 is 1.44 bits per heavy atom. The van der Waals surface area contributed by atoms with Crippen LogP contribution in [0.25, 0.3) is 0 Å². The molecule has 1 aliphatic heterocycles. The lowest BCUT2D eigenvalue weighted by Gasteiger charge is -2.21. The van der Waals surface area contributed by atoms with E-state index in [-0.39, 0.29) is 24.3 Å². The topological polar surface area (TPSA) is 111 Å². The Kier molecular flexibility index (Phi) is 3.15. The van der Waals surface area contributed by atoms with E-state index in [1.54, 1.807) is 0 Å². The zero-order valence-electron chi connectivity index (χ0n) is 9.35. The largest absolute Gasteiger partial charge is 0.505 e. The minimum atomic E-state index is -1.17. The molecule has 2 heterocycles. The molecular weight excluding hydrogens is 240 g/mol. The van der Waals surface area contributed by atoms with Crippen LogP contribution >= 0.6 is 0 Å². The highest BCUT2D eigenvalue weighted by molar-refractivity contribution is 5.99. The summed E-state index contributed by atoms with van der Waals surface area (Å²) in [6.07, 6.45) is 1.57. The van der Waals surface area contributed by atoms with Gasteiger partial charge in [0.1, 0.15) is 11.8 Å². The van der Waals surface area contributed by atoms with Crippen LogP contribution in [0.2, 0.25) is 0 Å². The monoisotopic (exact) mass is 252 g/mol. The number of hydrogen-bond acceptors (Lipinski definition) is 5. The van der Waals surface area contributed by atoms with Gasteiger partial charge in [-0.05, 0) is 6.07 Å². The number of rotatable bonds is 2. The number of likely N-dealkylation sites (tertiary alicyclic amines) is 1. The van der Waals surface area contributed by atoms with Crippen LogP contribution in [-0.4, -0.2) is 55.8 Å². The predicted molar refractivity (Wildman–Crippen MR) is 59.0 cm³/mol.